The summed E-state index contributed by atoms with van der Waals surface area (Å²) in [4.78, 5) is 15.5. The highest BCUT2D eigenvalue weighted by Crippen LogP contribution is 2.34. The topological polar surface area (TPSA) is 38.1 Å². The summed E-state index contributed by atoms with van der Waals surface area (Å²) in [5.74, 6) is 0.616. The van der Waals surface area contributed by atoms with Crippen LogP contribution in [0.5, 0.6) is 0 Å². The molecule has 4 heterocycles. The van der Waals surface area contributed by atoms with Gasteiger partial charge < -0.3 is 4.90 Å². The summed E-state index contributed by atoms with van der Waals surface area (Å²) >= 11 is 0. The van der Waals surface area contributed by atoms with Crippen molar-refractivity contribution in [2.75, 3.05) is 19.6 Å². The van der Waals surface area contributed by atoms with Crippen LogP contribution in [0.4, 0.5) is 0 Å². The van der Waals surface area contributed by atoms with Crippen LogP contribution < -0.4 is 5.56 Å². The highest BCUT2D eigenvalue weighted by Gasteiger charge is 2.36. The van der Waals surface area contributed by atoms with Crippen molar-refractivity contribution in [1.82, 2.24) is 14.7 Å². The number of hydrogen-bond donors (Lipinski definition) is 0. The van der Waals surface area contributed by atoms with Crippen molar-refractivity contribution in [3.8, 4) is 0 Å². The van der Waals surface area contributed by atoms with Gasteiger partial charge in [0.15, 0.2) is 0 Å². The third-order valence-corrected chi connectivity index (χ3v) is 5.61. The van der Waals surface area contributed by atoms with Gasteiger partial charge in [0.25, 0.3) is 5.56 Å². The maximum atomic E-state index is 13.0. The van der Waals surface area contributed by atoms with Gasteiger partial charge in [-0.3, -0.25) is 4.79 Å². The average Bonchev–Trinajstić information content (AvgIpc) is 2.62. The van der Waals surface area contributed by atoms with Gasteiger partial charge in [0.1, 0.15) is 0 Å². The molecule has 5 rings (SSSR count). The molecule has 0 N–H and O–H groups in total. The lowest BCUT2D eigenvalue weighted by molar-refractivity contribution is 0.0488. The first-order valence-electron chi connectivity index (χ1n) is 9.00. The van der Waals surface area contributed by atoms with Gasteiger partial charge in [-0.2, -0.15) is 5.10 Å². The van der Waals surface area contributed by atoms with Gasteiger partial charge in [-0.25, -0.2) is 4.68 Å². The van der Waals surface area contributed by atoms with E-state index in [9.17, 15) is 4.79 Å². The second-order valence-electron chi connectivity index (χ2n) is 7.05. The molecule has 0 aliphatic carbocycles. The summed E-state index contributed by atoms with van der Waals surface area (Å²) in [5, 5.41) is 6.74. The van der Waals surface area contributed by atoms with E-state index < -0.39 is 0 Å². The Kier molecular flexibility index (Phi) is 3.93. The molecule has 4 nitrogen and oxygen atoms in total. The van der Waals surface area contributed by atoms with Crippen molar-refractivity contribution in [2.24, 2.45) is 5.92 Å². The summed E-state index contributed by atoms with van der Waals surface area (Å²) < 4.78 is 1.84. The molecule has 2 bridgehead atoms. The minimum atomic E-state index is 0.0969. The summed E-state index contributed by atoms with van der Waals surface area (Å²) in [6.07, 6.45) is 5.63. The first kappa shape index (κ1) is 14.9. The zero-order valence-corrected chi connectivity index (χ0v) is 13.9. The van der Waals surface area contributed by atoms with Gasteiger partial charge in [-0.05, 0) is 50.8 Å². The fourth-order valence-corrected chi connectivity index (χ4v) is 4.24. The van der Waals surface area contributed by atoms with Crippen LogP contribution in [-0.4, -0.2) is 34.3 Å². The van der Waals surface area contributed by atoms with Crippen molar-refractivity contribution >= 4 is 10.8 Å². The number of benzene rings is 1. The molecule has 3 saturated heterocycles. The summed E-state index contributed by atoms with van der Waals surface area (Å²) in [6, 6.07) is 8.25. The van der Waals surface area contributed by atoms with Crippen LogP contribution >= 0.6 is 0 Å². The third-order valence-electron chi connectivity index (χ3n) is 5.61. The van der Waals surface area contributed by atoms with Gasteiger partial charge in [0, 0.05) is 11.9 Å². The van der Waals surface area contributed by atoms with Crippen LogP contribution in [0.3, 0.4) is 0 Å². The smallest absolute Gasteiger partial charge is 0.274 e. The zero-order valence-electron chi connectivity index (χ0n) is 13.9. The van der Waals surface area contributed by atoms with Crippen molar-refractivity contribution in [3.05, 3.63) is 40.3 Å². The molecule has 1 aromatic carbocycles. The minimum Gasteiger partial charge on any atom is -0.301 e. The van der Waals surface area contributed by atoms with E-state index in [0.29, 0.717) is 5.92 Å². The molecule has 1 unspecified atom stereocenters. The highest BCUT2D eigenvalue weighted by atomic mass is 16.1. The number of hydrogen-bond acceptors (Lipinski definition) is 3. The molecule has 4 heteroatoms. The second-order valence-corrected chi connectivity index (χ2v) is 7.05. The van der Waals surface area contributed by atoms with E-state index in [-0.39, 0.29) is 11.6 Å². The van der Waals surface area contributed by atoms with Gasteiger partial charge in [-0.1, -0.05) is 31.5 Å². The van der Waals surface area contributed by atoms with Crippen LogP contribution in [0.25, 0.3) is 10.8 Å². The Balaban J connectivity index is 1.83. The zero-order chi connectivity index (χ0) is 15.8. The van der Waals surface area contributed by atoms with E-state index in [1.54, 1.807) is 0 Å². The van der Waals surface area contributed by atoms with E-state index in [2.05, 4.69) is 17.9 Å². The standard InChI is InChI=1S/C19H25N3O/c1-2-3-8-17-15-6-4-5-7-16(15)19(23)22(20-17)18-13-21-11-9-14(18)10-12-21/h4-7,14,18H,2-3,8-13H2,1H3. The van der Waals surface area contributed by atoms with Crippen LogP contribution in [0.1, 0.15) is 44.3 Å². The van der Waals surface area contributed by atoms with Crippen LogP contribution in [0.15, 0.2) is 29.1 Å². The molecule has 3 aliphatic heterocycles. The van der Waals surface area contributed by atoms with Crippen molar-refractivity contribution in [1.29, 1.82) is 0 Å². The normalized spacial score (nSPS) is 26.7. The Morgan fingerprint density at radius 2 is 1.91 bits per heavy atom. The maximum Gasteiger partial charge on any atom is 0.274 e. The molecule has 1 atom stereocenters. The van der Waals surface area contributed by atoms with Crippen molar-refractivity contribution in [2.45, 2.75) is 45.1 Å². The lowest BCUT2D eigenvalue weighted by Crippen LogP contribution is -2.50. The van der Waals surface area contributed by atoms with E-state index in [0.717, 1.165) is 42.3 Å². The quantitative estimate of drug-likeness (QED) is 0.871. The molecule has 3 fully saturated rings. The number of piperidine rings is 3. The summed E-state index contributed by atoms with van der Waals surface area (Å²) in [7, 11) is 0. The van der Waals surface area contributed by atoms with E-state index in [4.69, 9.17) is 5.10 Å². The minimum absolute atomic E-state index is 0.0969. The first-order valence-corrected chi connectivity index (χ1v) is 9.00. The average molecular weight is 311 g/mol. The number of fused-ring (bicyclic) bond motifs is 4. The van der Waals surface area contributed by atoms with Crippen LogP contribution in [0.2, 0.25) is 0 Å². The fourth-order valence-electron chi connectivity index (χ4n) is 4.24. The lowest BCUT2D eigenvalue weighted by atomic mass is 9.84. The predicted octanol–water partition coefficient (Wildman–Crippen LogP) is 3.01. The van der Waals surface area contributed by atoms with Gasteiger partial charge >= 0.3 is 0 Å². The molecular formula is C19H25N3O. The lowest BCUT2D eigenvalue weighted by Gasteiger charge is -2.44. The summed E-state index contributed by atoms with van der Waals surface area (Å²) in [6.45, 7) is 5.56. The molecule has 1 aromatic heterocycles. The van der Waals surface area contributed by atoms with E-state index in [1.807, 2.05) is 22.9 Å². The van der Waals surface area contributed by atoms with Crippen molar-refractivity contribution < 1.29 is 0 Å². The Labute approximate surface area is 137 Å². The highest BCUT2D eigenvalue weighted by molar-refractivity contribution is 5.83. The number of aromatic nitrogens is 2. The fraction of sp³-hybridized carbons (Fsp3) is 0.579. The molecule has 2 aromatic rings. The van der Waals surface area contributed by atoms with Gasteiger partial charge in [0.05, 0.1) is 17.1 Å². The molecule has 0 spiro atoms. The molecular weight excluding hydrogens is 286 g/mol. The molecule has 0 amide bonds. The third kappa shape index (κ3) is 2.59. The van der Waals surface area contributed by atoms with Gasteiger partial charge in [0.2, 0.25) is 0 Å². The van der Waals surface area contributed by atoms with Gasteiger partial charge in [-0.15, -0.1) is 0 Å². The second kappa shape index (κ2) is 6.08. The summed E-state index contributed by atoms with van der Waals surface area (Å²) in [5.41, 5.74) is 1.19. The molecule has 0 saturated carbocycles. The van der Waals surface area contributed by atoms with E-state index in [1.165, 1.54) is 25.9 Å². The van der Waals surface area contributed by atoms with Crippen LogP contribution in [0, 0.1) is 5.92 Å². The molecule has 3 aliphatic rings. The SMILES string of the molecule is CCCCc1nn(C2CN3CCC2CC3)c(=O)c2ccccc12. The number of unbranched alkanes of at least 4 members (excludes halogenated alkanes) is 1. The Bertz CT molecular complexity index is 759. The number of nitrogens with zero attached hydrogens (tertiary/aromatic N) is 3. The largest absolute Gasteiger partial charge is 0.301 e. The Hall–Kier alpha value is -1.68. The molecule has 122 valence electrons. The number of rotatable bonds is 4. The maximum absolute atomic E-state index is 13.0. The number of aryl methyl sites for hydroxylation is 1. The monoisotopic (exact) mass is 311 g/mol. The molecule has 0 radical (unpaired) electrons. The van der Waals surface area contributed by atoms with E-state index >= 15 is 0 Å². The van der Waals surface area contributed by atoms with Crippen molar-refractivity contribution in [3.63, 3.8) is 0 Å². The van der Waals surface area contributed by atoms with Crippen LogP contribution in [-0.2, 0) is 6.42 Å². The Morgan fingerprint density at radius 1 is 1.17 bits per heavy atom. The predicted molar refractivity (Wildman–Crippen MR) is 92.8 cm³/mol. The Morgan fingerprint density at radius 3 is 2.57 bits per heavy atom. The molecule has 23 heavy (non-hydrogen) atoms. The first-order chi connectivity index (χ1) is 11.3.